The first kappa shape index (κ1) is 23.3. The van der Waals surface area contributed by atoms with E-state index in [-0.39, 0.29) is 25.3 Å². The lowest BCUT2D eigenvalue weighted by Crippen LogP contribution is -2.48. The number of nitrogens with zero attached hydrogens (tertiary/aromatic N) is 4. The number of carbonyl (C=O) groups excluding carboxylic acids is 1. The molecule has 2 aliphatic rings. The van der Waals surface area contributed by atoms with Crippen LogP contribution in [0.4, 0.5) is 18.9 Å². The maximum Gasteiger partial charge on any atom is 0.417 e. The average molecular weight is 459 g/mol. The van der Waals surface area contributed by atoms with E-state index in [1.165, 1.54) is 24.5 Å². The van der Waals surface area contributed by atoms with Crippen LogP contribution in [-0.2, 0) is 21.2 Å². The molecule has 31 heavy (non-hydrogen) atoms. The van der Waals surface area contributed by atoms with Crippen molar-refractivity contribution in [1.82, 2.24) is 8.61 Å². The van der Waals surface area contributed by atoms with E-state index in [4.69, 9.17) is 11.0 Å². The molecule has 1 aromatic carbocycles. The molecular formula is C19H24F3N5O3S. The highest BCUT2D eigenvalue weighted by atomic mass is 32.2. The second-order valence-corrected chi connectivity index (χ2v) is 10.4. The molecule has 2 aliphatic heterocycles. The summed E-state index contributed by atoms with van der Waals surface area (Å²) in [6.45, 7) is 0.779. The van der Waals surface area contributed by atoms with Gasteiger partial charge in [-0.1, -0.05) is 0 Å². The fourth-order valence-electron chi connectivity index (χ4n) is 4.41. The van der Waals surface area contributed by atoms with Crippen molar-refractivity contribution >= 4 is 21.8 Å². The van der Waals surface area contributed by atoms with Crippen molar-refractivity contribution in [3.05, 3.63) is 29.3 Å². The van der Waals surface area contributed by atoms with E-state index in [0.29, 0.717) is 19.3 Å². The third kappa shape index (κ3) is 4.35. The van der Waals surface area contributed by atoms with Gasteiger partial charge in [0, 0.05) is 39.4 Å². The zero-order chi connectivity index (χ0) is 23.2. The number of hydrogen-bond acceptors (Lipinski definition) is 5. The van der Waals surface area contributed by atoms with Gasteiger partial charge in [0.15, 0.2) is 0 Å². The number of primary amides is 1. The molecule has 170 valence electrons. The number of amides is 1. The van der Waals surface area contributed by atoms with Gasteiger partial charge >= 0.3 is 6.18 Å². The summed E-state index contributed by atoms with van der Waals surface area (Å²) in [6.07, 6.45) is -3.46. The molecule has 1 amide bonds. The number of piperidine rings is 1. The lowest BCUT2D eigenvalue weighted by molar-refractivity contribution is -0.137. The molecule has 2 N–H and O–H groups in total. The molecule has 2 heterocycles. The van der Waals surface area contributed by atoms with Crippen LogP contribution in [0.3, 0.4) is 0 Å². The van der Waals surface area contributed by atoms with Crippen LogP contribution < -0.4 is 10.6 Å². The van der Waals surface area contributed by atoms with E-state index in [2.05, 4.69) is 0 Å². The maximum atomic E-state index is 13.4. The molecule has 2 saturated heterocycles. The Morgan fingerprint density at radius 2 is 1.90 bits per heavy atom. The minimum Gasteiger partial charge on any atom is -0.368 e. The predicted molar refractivity (Wildman–Crippen MR) is 107 cm³/mol. The summed E-state index contributed by atoms with van der Waals surface area (Å²) in [4.78, 5) is 13.7. The van der Waals surface area contributed by atoms with Crippen molar-refractivity contribution in [2.24, 2.45) is 11.1 Å². The molecule has 1 aromatic rings. The number of hydrogen-bond donors (Lipinski definition) is 1. The van der Waals surface area contributed by atoms with Crippen molar-refractivity contribution in [3.8, 4) is 6.07 Å². The van der Waals surface area contributed by atoms with Gasteiger partial charge in [-0.3, -0.25) is 4.79 Å². The van der Waals surface area contributed by atoms with Gasteiger partial charge in [-0.25, -0.2) is 0 Å². The third-order valence-electron chi connectivity index (χ3n) is 6.17. The van der Waals surface area contributed by atoms with Gasteiger partial charge < -0.3 is 10.6 Å². The van der Waals surface area contributed by atoms with Gasteiger partial charge in [0.05, 0.1) is 17.2 Å². The first-order chi connectivity index (χ1) is 14.3. The largest absolute Gasteiger partial charge is 0.417 e. The number of carbonyl (C=O) groups is 1. The Morgan fingerprint density at radius 3 is 2.39 bits per heavy atom. The lowest BCUT2D eigenvalue weighted by atomic mass is 9.77. The van der Waals surface area contributed by atoms with Crippen molar-refractivity contribution in [1.29, 1.82) is 5.26 Å². The Bertz CT molecular complexity index is 1010. The molecule has 0 aliphatic carbocycles. The van der Waals surface area contributed by atoms with Crippen LogP contribution in [0.2, 0.25) is 0 Å². The van der Waals surface area contributed by atoms with E-state index in [1.54, 1.807) is 11.0 Å². The molecule has 1 atom stereocenters. The number of rotatable bonds is 4. The van der Waals surface area contributed by atoms with E-state index >= 15 is 0 Å². The van der Waals surface area contributed by atoms with Crippen molar-refractivity contribution in [2.75, 3.05) is 38.6 Å². The number of halogens is 3. The Hall–Kier alpha value is -2.36. The lowest BCUT2D eigenvalue weighted by Gasteiger charge is -2.39. The quantitative estimate of drug-likeness (QED) is 0.734. The normalized spacial score (nSPS) is 22.1. The molecule has 0 radical (unpaired) electrons. The number of benzene rings is 1. The SMILES string of the molecule is CN(C)S(=O)(=O)N1CCC2(CC1)CC(C(N)=O)N(c1ccc(C#N)c(C(F)(F)F)c1)C2. The monoisotopic (exact) mass is 459 g/mol. The van der Waals surface area contributed by atoms with Crippen LogP contribution >= 0.6 is 0 Å². The van der Waals surface area contributed by atoms with E-state index in [0.717, 1.165) is 16.4 Å². The molecule has 2 fully saturated rings. The molecular weight excluding hydrogens is 435 g/mol. The number of anilines is 1. The van der Waals surface area contributed by atoms with Gasteiger partial charge in [0.1, 0.15) is 6.04 Å². The van der Waals surface area contributed by atoms with Crippen LogP contribution in [0.25, 0.3) is 0 Å². The Labute approximate surface area is 179 Å². The predicted octanol–water partition coefficient (Wildman–Crippen LogP) is 1.53. The first-order valence-corrected chi connectivity index (χ1v) is 11.1. The molecule has 0 aromatic heterocycles. The second-order valence-electron chi connectivity index (χ2n) is 8.28. The molecule has 12 heteroatoms. The molecule has 0 saturated carbocycles. The summed E-state index contributed by atoms with van der Waals surface area (Å²) in [6, 6.07) is 4.08. The van der Waals surface area contributed by atoms with Crippen LogP contribution in [0, 0.1) is 16.7 Å². The fraction of sp³-hybridized carbons (Fsp3) is 0.579. The highest BCUT2D eigenvalue weighted by Crippen LogP contribution is 2.46. The van der Waals surface area contributed by atoms with E-state index in [9.17, 15) is 26.4 Å². The molecule has 1 unspecified atom stereocenters. The first-order valence-electron chi connectivity index (χ1n) is 9.66. The minimum absolute atomic E-state index is 0.162. The summed E-state index contributed by atoms with van der Waals surface area (Å²) in [5.41, 5.74) is 3.72. The third-order valence-corrected chi connectivity index (χ3v) is 8.11. The van der Waals surface area contributed by atoms with Gasteiger partial charge in [0.2, 0.25) is 5.91 Å². The van der Waals surface area contributed by atoms with E-state index < -0.39 is 44.9 Å². The molecule has 3 rings (SSSR count). The Morgan fingerprint density at radius 1 is 1.29 bits per heavy atom. The van der Waals surface area contributed by atoms with Gasteiger partial charge in [-0.15, -0.1) is 0 Å². The van der Waals surface area contributed by atoms with Crippen LogP contribution in [0.5, 0.6) is 0 Å². The van der Waals surface area contributed by atoms with Crippen molar-refractivity contribution < 1.29 is 26.4 Å². The van der Waals surface area contributed by atoms with Gasteiger partial charge in [-0.2, -0.15) is 35.5 Å². The number of nitriles is 1. The summed E-state index contributed by atoms with van der Waals surface area (Å²) in [5, 5.41) is 9.01. The van der Waals surface area contributed by atoms with E-state index in [1.807, 2.05) is 0 Å². The highest BCUT2D eigenvalue weighted by Gasteiger charge is 2.49. The Kier molecular flexibility index (Phi) is 5.98. The molecule has 1 spiro atoms. The van der Waals surface area contributed by atoms with Gasteiger partial charge in [0.25, 0.3) is 10.2 Å². The summed E-state index contributed by atoms with van der Waals surface area (Å²) < 4.78 is 67.4. The molecule has 0 bridgehead atoms. The van der Waals surface area contributed by atoms with Crippen LogP contribution in [-0.4, -0.2) is 62.7 Å². The van der Waals surface area contributed by atoms with Gasteiger partial charge in [-0.05, 0) is 42.9 Å². The smallest absolute Gasteiger partial charge is 0.368 e. The maximum absolute atomic E-state index is 13.4. The summed E-state index contributed by atoms with van der Waals surface area (Å²) in [5.74, 6) is -0.655. The summed E-state index contributed by atoms with van der Waals surface area (Å²) >= 11 is 0. The van der Waals surface area contributed by atoms with Crippen LogP contribution in [0.15, 0.2) is 18.2 Å². The van der Waals surface area contributed by atoms with Crippen molar-refractivity contribution in [3.63, 3.8) is 0 Å². The molecule has 8 nitrogen and oxygen atoms in total. The van der Waals surface area contributed by atoms with Crippen molar-refractivity contribution in [2.45, 2.75) is 31.5 Å². The number of alkyl halides is 3. The number of nitrogens with two attached hydrogens (primary N) is 1. The zero-order valence-corrected chi connectivity index (χ0v) is 18.0. The topological polar surface area (TPSA) is 111 Å². The second kappa shape index (κ2) is 7.96. The van der Waals surface area contributed by atoms with Crippen LogP contribution in [0.1, 0.15) is 30.4 Å². The highest BCUT2D eigenvalue weighted by molar-refractivity contribution is 7.86. The minimum atomic E-state index is -4.72. The zero-order valence-electron chi connectivity index (χ0n) is 17.2. The summed E-state index contributed by atoms with van der Waals surface area (Å²) in [7, 11) is -0.670. The average Bonchev–Trinajstić information content (AvgIpc) is 3.06. The Balaban J connectivity index is 1.89. The standard InChI is InChI=1S/C19H24F3N5O3S/c1-25(2)31(29,30)26-7-5-18(6-8-26)10-16(17(24)28)27(12-18)14-4-3-13(11-23)15(9-14)19(20,21)22/h3-4,9,16H,5-8,10,12H2,1-2H3,(H2,24,28). The fourth-order valence-corrected chi connectivity index (χ4v) is 5.52.